The van der Waals surface area contributed by atoms with Gasteiger partial charge in [-0.3, -0.25) is 4.79 Å². The Kier molecular flexibility index (Phi) is 4.46. The molecule has 1 atom stereocenters. The smallest absolute Gasteiger partial charge is 0.231 e. The Hall–Kier alpha value is -1.79. The average molecular weight is 320 g/mol. The summed E-state index contributed by atoms with van der Waals surface area (Å²) < 4.78 is 10.6. The van der Waals surface area contributed by atoms with Gasteiger partial charge in [0, 0.05) is 19.5 Å². The first kappa shape index (κ1) is 16.1. The molecule has 6 heteroatoms. The van der Waals surface area contributed by atoms with Crippen molar-refractivity contribution in [2.45, 2.75) is 24.9 Å². The maximum absolute atomic E-state index is 12.4. The summed E-state index contributed by atoms with van der Waals surface area (Å²) in [6.07, 6.45) is 1.75. The minimum Gasteiger partial charge on any atom is -0.454 e. The number of nitrogens with zero attached hydrogens (tertiary/aromatic N) is 2. The molecule has 6 nitrogen and oxygen atoms in total. The second kappa shape index (κ2) is 6.37. The normalized spacial score (nSPS) is 22.9. The largest absolute Gasteiger partial charge is 0.454 e. The maximum atomic E-state index is 12.4. The molecular weight excluding hydrogens is 296 g/mol. The SMILES string of the molecule is CN(C)CC1(O)CCN(C(=O)CCc2ccc3c(c2)OCO3)C1. The first-order chi connectivity index (χ1) is 11.0. The zero-order valence-corrected chi connectivity index (χ0v) is 13.7. The molecule has 1 aromatic carbocycles. The van der Waals surface area contributed by atoms with Gasteiger partial charge in [0.15, 0.2) is 11.5 Å². The van der Waals surface area contributed by atoms with Crippen molar-refractivity contribution in [3.05, 3.63) is 23.8 Å². The first-order valence-corrected chi connectivity index (χ1v) is 7.99. The topological polar surface area (TPSA) is 62.2 Å². The van der Waals surface area contributed by atoms with E-state index >= 15 is 0 Å². The van der Waals surface area contributed by atoms with Gasteiger partial charge in [0.05, 0.1) is 12.1 Å². The fourth-order valence-corrected chi connectivity index (χ4v) is 3.29. The van der Waals surface area contributed by atoms with E-state index in [0.29, 0.717) is 38.9 Å². The molecule has 0 radical (unpaired) electrons. The van der Waals surface area contributed by atoms with Crippen LogP contribution >= 0.6 is 0 Å². The number of aryl methyl sites for hydroxylation is 1. The molecule has 0 bridgehead atoms. The highest BCUT2D eigenvalue weighted by molar-refractivity contribution is 5.77. The van der Waals surface area contributed by atoms with Crippen LogP contribution in [0.1, 0.15) is 18.4 Å². The van der Waals surface area contributed by atoms with Crippen molar-refractivity contribution in [2.24, 2.45) is 0 Å². The third-order valence-corrected chi connectivity index (χ3v) is 4.36. The summed E-state index contributed by atoms with van der Waals surface area (Å²) in [5.74, 6) is 1.60. The standard InChI is InChI=1S/C17H24N2O4/c1-18(2)10-17(21)7-8-19(11-17)16(20)6-4-13-3-5-14-15(9-13)23-12-22-14/h3,5,9,21H,4,6-8,10-12H2,1-2H3. The molecule has 1 fully saturated rings. The van der Waals surface area contributed by atoms with E-state index in [2.05, 4.69) is 0 Å². The Morgan fingerprint density at radius 3 is 2.91 bits per heavy atom. The zero-order chi connectivity index (χ0) is 16.4. The molecule has 1 aromatic rings. The number of ether oxygens (including phenoxy) is 2. The van der Waals surface area contributed by atoms with Crippen molar-refractivity contribution < 1.29 is 19.4 Å². The fourth-order valence-electron chi connectivity index (χ4n) is 3.29. The van der Waals surface area contributed by atoms with E-state index in [4.69, 9.17) is 9.47 Å². The maximum Gasteiger partial charge on any atom is 0.231 e. The summed E-state index contributed by atoms with van der Waals surface area (Å²) in [7, 11) is 3.87. The van der Waals surface area contributed by atoms with E-state index in [9.17, 15) is 9.90 Å². The van der Waals surface area contributed by atoms with Crippen molar-refractivity contribution in [1.82, 2.24) is 9.80 Å². The van der Waals surface area contributed by atoms with Gasteiger partial charge in [0.25, 0.3) is 0 Å². The Bertz CT molecular complexity index is 590. The number of aliphatic hydroxyl groups is 1. The number of carbonyl (C=O) groups excluding carboxylic acids is 1. The van der Waals surface area contributed by atoms with Crippen molar-refractivity contribution in [2.75, 3.05) is 40.5 Å². The monoisotopic (exact) mass is 320 g/mol. The van der Waals surface area contributed by atoms with Gasteiger partial charge in [-0.25, -0.2) is 0 Å². The quantitative estimate of drug-likeness (QED) is 0.872. The van der Waals surface area contributed by atoms with Crippen LogP contribution < -0.4 is 9.47 Å². The lowest BCUT2D eigenvalue weighted by Gasteiger charge is -2.26. The Morgan fingerprint density at radius 2 is 2.13 bits per heavy atom. The van der Waals surface area contributed by atoms with Crippen LogP contribution in [-0.2, 0) is 11.2 Å². The van der Waals surface area contributed by atoms with Gasteiger partial charge in [-0.05, 0) is 44.6 Å². The molecule has 1 saturated heterocycles. The predicted molar refractivity (Wildman–Crippen MR) is 85.6 cm³/mol. The van der Waals surface area contributed by atoms with E-state index in [0.717, 1.165) is 17.1 Å². The number of hydrogen-bond donors (Lipinski definition) is 1. The third kappa shape index (κ3) is 3.76. The molecular formula is C17H24N2O4. The van der Waals surface area contributed by atoms with Gasteiger partial charge in [-0.1, -0.05) is 6.07 Å². The van der Waals surface area contributed by atoms with Crippen molar-refractivity contribution >= 4 is 5.91 Å². The second-order valence-corrected chi connectivity index (χ2v) is 6.72. The van der Waals surface area contributed by atoms with Gasteiger partial charge < -0.3 is 24.4 Å². The zero-order valence-electron chi connectivity index (χ0n) is 13.7. The van der Waals surface area contributed by atoms with Crippen LogP contribution in [0.2, 0.25) is 0 Å². The molecule has 0 spiro atoms. The van der Waals surface area contributed by atoms with Gasteiger partial charge in [0.2, 0.25) is 12.7 Å². The number of benzene rings is 1. The van der Waals surface area contributed by atoms with Crippen LogP contribution in [0, 0.1) is 0 Å². The molecule has 1 amide bonds. The third-order valence-electron chi connectivity index (χ3n) is 4.36. The van der Waals surface area contributed by atoms with Crippen LogP contribution in [0.25, 0.3) is 0 Å². The fraction of sp³-hybridized carbons (Fsp3) is 0.588. The summed E-state index contributed by atoms with van der Waals surface area (Å²) in [5.41, 5.74) is 0.281. The van der Waals surface area contributed by atoms with Crippen LogP contribution in [0.4, 0.5) is 0 Å². The number of likely N-dealkylation sites (tertiary alicyclic amines) is 1. The highest BCUT2D eigenvalue weighted by atomic mass is 16.7. The summed E-state index contributed by atoms with van der Waals surface area (Å²) >= 11 is 0. The van der Waals surface area contributed by atoms with Crippen molar-refractivity contribution in [1.29, 1.82) is 0 Å². The number of carbonyl (C=O) groups is 1. The number of hydrogen-bond acceptors (Lipinski definition) is 5. The summed E-state index contributed by atoms with van der Waals surface area (Å²) in [6.45, 7) is 1.89. The number of likely N-dealkylation sites (N-methyl/N-ethyl adjacent to an activating group) is 1. The van der Waals surface area contributed by atoms with Crippen molar-refractivity contribution in [3.8, 4) is 11.5 Å². The van der Waals surface area contributed by atoms with Gasteiger partial charge in [-0.2, -0.15) is 0 Å². The molecule has 23 heavy (non-hydrogen) atoms. The summed E-state index contributed by atoms with van der Waals surface area (Å²) in [6, 6.07) is 5.78. The van der Waals surface area contributed by atoms with Crippen LogP contribution in [0.5, 0.6) is 11.5 Å². The number of fused-ring (bicyclic) bond motifs is 1. The molecule has 1 N–H and O–H groups in total. The molecule has 0 aromatic heterocycles. The van der Waals surface area contributed by atoms with E-state index in [1.54, 1.807) is 4.90 Å². The van der Waals surface area contributed by atoms with Crippen molar-refractivity contribution in [3.63, 3.8) is 0 Å². The van der Waals surface area contributed by atoms with E-state index in [1.165, 1.54) is 0 Å². The minimum absolute atomic E-state index is 0.0948. The Labute approximate surface area is 136 Å². The summed E-state index contributed by atoms with van der Waals surface area (Å²) in [5, 5.41) is 10.5. The van der Waals surface area contributed by atoms with Gasteiger partial charge >= 0.3 is 0 Å². The van der Waals surface area contributed by atoms with E-state index in [-0.39, 0.29) is 12.7 Å². The van der Waals surface area contributed by atoms with Gasteiger partial charge in [0.1, 0.15) is 0 Å². The van der Waals surface area contributed by atoms with E-state index < -0.39 is 5.60 Å². The Morgan fingerprint density at radius 1 is 1.35 bits per heavy atom. The molecule has 1 unspecified atom stereocenters. The second-order valence-electron chi connectivity index (χ2n) is 6.72. The number of amides is 1. The molecule has 2 heterocycles. The summed E-state index contributed by atoms with van der Waals surface area (Å²) in [4.78, 5) is 16.1. The predicted octanol–water partition coefficient (Wildman–Crippen LogP) is 0.873. The van der Waals surface area contributed by atoms with E-state index in [1.807, 2.05) is 37.2 Å². The highest BCUT2D eigenvalue weighted by Gasteiger charge is 2.38. The minimum atomic E-state index is -0.780. The highest BCUT2D eigenvalue weighted by Crippen LogP contribution is 2.33. The molecule has 126 valence electrons. The first-order valence-electron chi connectivity index (χ1n) is 7.99. The number of β-amino-alcohol motifs (C(OH)–C–C–N with tert-alkyl or cyclic N) is 1. The van der Waals surface area contributed by atoms with Crippen LogP contribution in [-0.4, -0.2) is 66.9 Å². The van der Waals surface area contributed by atoms with Crippen LogP contribution in [0.3, 0.4) is 0 Å². The molecule has 0 aliphatic carbocycles. The average Bonchev–Trinajstić information content (AvgIpc) is 3.10. The molecule has 2 aliphatic rings. The lowest BCUT2D eigenvalue weighted by atomic mass is 10.0. The lowest BCUT2D eigenvalue weighted by Crippen LogP contribution is -2.43. The lowest BCUT2D eigenvalue weighted by molar-refractivity contribution is -0.131. The Balaban J connectivity index is 1.52. The van der Waals surface area contributed by atoms with Crippen LogP contribution in [0.15, 0.2) is 18.2 Å². The number of rotatable bonds is 5. The van der Waals surface area contributed by atoms with Gasteiger partial charge in [-0.15, -0.1) is 0 Å². The molecule has 2 aliphatic heterocycles. The molecule has 3 rings (SSSR count). The molecule has 0 saturated carbocycles.